The number of amides is 1. The number of rotatable bonds is 4. The van der Waals surface area contributed by atoms with Crippen molar-refractivity contribution in [3.05, 3.63) is 35.4 Å². The van der Waals surface area contributed by atoms with Crippen molar-refractivity contribution in [3.63, 3.8) is 0 Å². The van der Waals surface area contributed by atoms with Crippen LogP contribution < -0.4 is 0 Å². The third-order valence-electron chi connectivity index (χ3n) is 4.07. The summed E-state index contributed by atoms with van der Waals surface area (Å²) in [6.45, 7) is 4.47. The van der Waals surface area contributed by atoms with Crippen LogP contribution in [0.1, 0.15) is 50.7 Å². The highest BCUT2D eigenvalue weighted by atomic mass is 19.4. The van der Waals surface area contributed by atoms with Crippen LogP contribution in [0.4, 0.5) is 13.2 Å². The second kappa shape index (κ2) is 6.54. The maximum Gasteiger partial charge on any atom is 0.406 e. The molecule has 0 aromatic heterocycles. The number of halogens is 3. The Kier molecular flexibility index (Phi) is 5.07. The Labute approximate surface area is 135 Å². The molecule has 5 heteroatoms. The van der Waals surface area contributed by atoms with E-state index in [0.29, 0.717) is 0 Å². The first-order valence-corrected chi connectivity index (χ1v) is 7.97. The molecule has 1 aromatic rings. The minimum atomic E-state index is -4.37. The molecule has 0 heterocycles. The van der Waals surface area contributed by atoms with Crippen LogP contribution in [0.3, 0.4) is 0 Å². The Hall–Kier alpha value is -1.52. The van der Waals surface area contributed by atoms with Crippen molar-refractivity contribution in [2.75, 3.05) is 13.1 Å². The SMILES string of the molecule is CC(C)(C)CN(CC(F)(F)F)C(=O)CC1CCc2ccccc21. The molecular weight excluding hydrogens is 303 g/mol. The van der Waals surface area contributed by atoms with E-state index in [0.717, 1.165) is 23.3 Å². The fourth-order valence-corrected chi connectivity index (χ4v) is 3.22. The summed E-state index contributed by atoms with van der Waals surface area (Å²) in [7, 11) is 0. The summed E-state index contributed by atoms with van der Waals surface area (Å²) in [5, 5.41) is 0. The summed E-state index contributed by atoms with van der Waals surface area (Å²) >= 11 is 0. The molecule has 0 bridgehead atoms. The van der Waals surface area contributed by atoms with Gasteiger partial charge < -0.3 is 4.90 Å². The standard InChI is InChI=1S/C18H24F3NO/c1-17(2,3)11-22(12-18(19,20)21)16(23)10-14-9-8-13-6-4-5-7-15(13)14/h4-7,14H,8-12H2,1-3H3. The first-order valence-electron chi connectivity index (χ1n) is 7.97. The van der Waals surface area contributed by atoms with E-state index >= 15 is 0 Å². The zero-order valence-electron chi connectivity index (χ0n) is 13.9. The molecule has 0 N–H and O–H groups in total. The minimum absolute atomic E-state index is 0.0365. The van der Waals surface area contributed by atoms with Gasteiger partial charge in [-0.25, -0.2) is 0 Å². The van der Waals surface area contributed by atoms with Gasteiger partial charge in [0, 0.05) is 13.0 Å². The number of hydrogen-bond donors (Lipinski definition) is 0. The van der Waals surface area contributed by atoms with Crippen LogP contribution in [0, 0.1) is 5.41 Å². The smallest absolute Gasteiger partial charge is 0.333 e. The van der Waals surface area contributed by atoms with E-state index in [9.17, 15) is 18.0 Å². The predicted molar refractivity (Wildman–Crippen MR) is 84.2 cm³/mol. The molecule has 1 aliphatic carbocycles. The number of alkyl halides is 3. The molecule has 1 unspecified atom stereocenters. The van der Waals surface area contributed by atoms with Crippen molar-refractivity contribution in [1.29, 1.82) is 0 Å². The Balaban J connectivity index is 2.09. The highest BCUT2D eigenvalue weighted by molar-refractivity contribution is 5.77. The lowest BCUT2D eigenvalue weighted by Gasteiger charge is -2.31. The monoisotopic (exact) mass is 327 g/mol. The van der Waals surface area contributed by atoms with E-state index in [1.165, 1.54) is 5.56 Å². The molecular formula is C18H24F3NO. The van der Waals surface area contributed by atoms with Crippen molar-refractivity contribution < 1.29 is 18.0 Å². The molecule has 1 amide bonds. The summed E-state index contributed by atoms with van der Waals surface area (Å²) in [6, 6.07) is 7.89. The highest BCUT2D eigenvalue weighted by Crippen LogP contribution is 2.36. The zero-order valence-corrected chi connectivity index (χ0v) is 13.9. The van der Waals surface area contributed by atoms with Crippen LogP contribution >= 0.6 is 0 Å². The first-order chi connectivity index (χ1) is 10.6. The Morgan fingerprint density at radius 1 is 1.17 bits per heavy atom. The molecule has 0 radical (unpaired) electrons. The molecule has 23 heavy (non-hydrogen) atoms. The van der Waals surface area contributed by atoms with Crippen molar-refractivity contribution in [1.82, 2.24) is 4.90 Å². The van der Waals surface area contributed by atoms with Gasteiger partial charge in [-0.1, -0.05) is 45.0 Å². The van der Waals surface area contributed by atoms with Gasteiger partial charge >= 0.3 is 6.18 Å². The first kappa shape index (κ1) is 17.8. The van der Waals surface area contributed by atoms with Gasteiger partial charge in [-0.2, -0.15) is 13.2 Å². The second-order valence-corrected chi connectivity index (χ2v) is 7.56. The van der Waals surface area contributed by atoms with Crippen molar-refractivity contribution in [3.8, 4) is 0 Å². The van der Waals surface area contributed by atoms with Gasteiger partial charge in [0.2, 0.25) is 5.91 Å². The molecule has 1 aromatic carbocycles. The normalized spacial score (nSPS) is 17.9. The second-order valence-electron chi connectivity index (χ2n) is 7.56. The largest absolute Gasteiger partial charge is 0.406 e. The van der Waals surface area contributed by atoms with Gasteiger partial charge in [-0.05, 0) is 35.3 Å². The molecule has 1 aliphatic rings. The van der Waals surface area contributed by atoms with E-state index in [4.69, 9.17) is 0 Å². The molecule has 0 fully saturated rings. The number of aryl methyl sites for hydroxylation is 1. The third-order valence-corrected chi connectivity index (χ3v) is 4.07. The van der Waals surface area contributed by atoms with Gasteiger partial charge in [0.25, 0.3) is 0 Å². The summed E-state index contributed by atoms with van der Waals surface area (Å²) in [5.41, 5.74) is 1.96. The van der Waals surface area contributed by atoms with Crippen molar-refractivity contribution in [2.24, 2.45) is 5.41 Å². The lowest BCUT2D eigenvalue weighted by atomic mass is 9.94. The number of nitrogens with zero attached hydrogens (tertiary/aromatic N) is 1. The number of carbonyl (C=O) groups is 1. The van der Waals surface area contributed by atoms with E-state index in [2.05, 4.69) is 0 Å². The Morgan fingerprint density at radius 2 is 1.83 bits per heavy atom. The van der Waals surface area contributed by atoms with Crippen LogP contribution in [-0.4, -0.2) is 30.1 Å². The lowest BCUT2D eigenvalue weighted by Crippen LogP contribution is -2.43. The van der Waals surface area contributed by atoms with Crippen molar-refractivity contribution in [2.45, 2.75) is 52.1 Å². The molecule has 2 rings (SSSR count). The van der Waals surface area contributed by atoms with E-state index < -0.39 is 18.6 Å². The summed E-state index contributed by atoms with van der Waals surface area (Å²) < 4.78 is 38.4. The average Bonchev–Trinajstić information content (AvgIpc) is 2.78. The van der Waals surface area contributed by atoms with Crippen LogP contribution in [-0.2, 0) is 11.2 Å². The van der Waals surface area contributed by atoms with E-state index in [1.807, 2.05) is 45.0 Å². The number of fused-ring (bicyclic) bond motifs is 1. The molecule has 128 valence electrons. The minimum Gasteiger partial charge on any atom is -0.333 e. The summed E-state index contributed by atoms with van der Waals surface area (Å²) in [4.78, 5) is 13.5. The fourth-order valence-electron chi connectivity index (χ4n) is 3.22. The van der Waals surface area contributed by atoms with Crippen LogP contribution in [0.25, 0.3) is 0 Å². The zero-order chi connectivity index (χ0) is 17.3. The summed E-state index contributed by atoms with van der Waals surface area (Å²) in [5.74, 6) is -0.367. The highest BCUT2D eigenvalue weighted by Gasteiger charge is 2.36. The van der Waals surface area contributed by atoms with Gasteiger partial charge in [0.1, 0.15) is 6.54 Å². The third kappa shape index (κ3) is 5.26. The predicted octanol–water partition coefficient (Wildman–Crippen LogP) is 4.54. The molecule has 0 saturated heterocycles. The van der Waals surface area contributed by atoms with E-state index in [1.54, 1.807) is 0 Å². The van der Waals surface area contributed by atoms with E-state index in [-0.39, 0.29) is 24.3 Å². The fraction of sp³-hybridized carbons (Fsp3) is 0.611. The molecule has 0 saturated carbocycles. The van der Waals surface area contributed by atoms with Crippen LogP contribution in [0.15, 0.2) is 24.3 Å². The number of hydrogen-bond acceptors (Lipinski definition) is 1. The van der Waals surface area contributed by atoms with Crippen LogP contribution in [0.5, 0.6) is 0 Å². The van der Waals surface area contributed by atoms with Gasteiger partial charge in [0.05, 0.1) is 0 Å². The van der Waals surface area contributed by atoms with Gasteiger partial charge in [0.15, 0.2) is 0 Å². The topological polar surface area (TPSA) is 20.3 Å². The Bertz CT molecular complexity index is 544. The quantitative estimate of drug-likeness (QED) is 0.795. The van der Waals surface area contributed by atoms with Crippen molar-refractivity contribution >= 4 is 5.91 Å². The van der Waals surface area contributed by atoms with Crippen LogP contribution in [0.2, 0.25) is 0 Å². The number of carbonyl (C=O) groups excluding carboxylic acids is 1. The lowest BCUT2D eigenvalue weighted by molar-refractivity contribution is -0.163. The number of benzene rings is 1. The maximum atomic E-state index is 12.8. The summed E-state index contributed by atoms with van der Waals surface area (Å²) in [6.07, 6.45) is -2.48. The maximum absolute atomic E-state index is 12.8. The van der Waals surface area contributed by atoms with Gasteiger partial charge in [-0.15, -0.1) is 0 Å². The Morgan fingerprint density at radius 3 is 2.43 bits per heavy atom. The molecule has 2 nitrogen and oxygen atoms in total. The molecule has 0 aliphatic heterocycles. The van der Waals surface area contributed by atoms with Gasteiger partial charge in [-0.3, -0.25) is 4.79 Å². The molecule has 0 spiro atoms. The average molecular weight is 327 g/mol. The molecule has 1 atom stereocenters.